The van der Waals surface area contributed by atoms with Crippen LogP contribution in [0.5, 0.6) is 0 Å². The van der Waals surface area contributed by atoms with Gasteiger partial charge in [0.15, 0.2) is 5.82 Å². The Labute approximate surface area is 159 Å². The molecule has 2 amide bonds. The lowest BCUT2D eigenvalue weighted by molar-refractivity contribution is 0.0657. The molecule has 0 aromatic carbocycles. The van der Waals surface area contributed by atoms with Crippen molar-refractivity contribution in [1.29, 1.82) is 0 Å². The van der Waals surface area contributed by atoms with Crippen LogP contribution in [0, 0.1) is 0 Å². The van der Waals surface area contributed by atoms with Gasteiger partial charge < -0.3 is 24.4 Å². The number of piperazine rings is 1. The molecule has 8 nitrogen and oxygen atoms in total. The quantitative estimate of drug-likeness (QED) is 0.830. The number of likely N-dealkylation sites (N-methyl/N-ethyl adjacent to an activating group) is 1. The van der Waals surface area contributed by atoms with Gasteiger partial charge in [-0.05, 0) is 39.2 Å². The van der Waals surface area contributed by atoms with Crippen LogP contribution in [0.3, 0.4) is 0 Å². The molecule has 1 N–H and O–H groups in total. The molecule has 27 heavy (non-hydrogen) atoms. The van der Waals surface area contributed by atoms with E-state index in [0.717, 1.165) is 64.0 Å². The first-order valence-electron chi connectivity index (χ1n) is 10.1. The Morgan fingerprint density at radius 3 is 2.70 bits per heavy atom. The predicted molar refractivity (Wildman–Crippen MR) is 99.9 cm³/mol. The third-order valence-electron chi connectivity index (χ3n) is 5.83. The number of imidazole rings is 1. The summed E-state index contributed by atoms with van der Waals surface area (Å²) in [4.78, 5) is 34.4. The second-order valence-electron chi connectivity index (χ2n) is 7.78. The van der Waals surface area contributed by atoms with Crippen LogP contribution in [0.15, 0.2) is 0 Å². The Balaban J connectivity index is 1.52. The molecule has 0 spiro atoms. The number of aromatic nitrogens is 2. The number of ether oxygens (including phenoxy) is 1. The predicted octanol–water partition coefficient (Wildman–Crippen LogP) is 0.516. The zero-order chi connectivity index (χ0) is 18.8. The summed E-state index contributed by atoms with van der Waals surface area (Å²) in [6.45, 7) is 5.18. The fourth-order valence-electron chi connectivity index (χ4n) is 4.14. The maximum atomic E-state index is 13.1. The Kier molecular flexibility index (Phi) is 5.45. The van der Waals surface area contributed by atoms with E-state index in [1.807, 2.05) is 9.47 Å². The SMILES string of the molecule is CN1CCN(C(=O)c2nc(C(=O)NCC3CCCO3)n3c2CCCC3)CC1. The number of rotatable bonds is 4. The van der Waals surface area contributed by atoms with Gasteiger partial charge in [-0.15, -0.1) is 0 Å². The monoisotopic (exact) mass is 375 g/mol. The van der Waals surface area contributed by atoms with Crippen molar-refractivity contribution in [2.45, 2.75) is 44.8 Å². The third-order valence-corrected chi connectivity index (χ3v) is 5.83. The molecular formula is C19H29N5O3. The minimum Gasteiger partial charge on any atom is -0.376 e. The number of amides is 2. The van der Waals surface area contributed by atoms with E-state index < -0.39 is 0 Å². The average Bonchev–Trinajstić information content (AvgIpc) is 3.34. The first-order valence-corrected chi connectivity index (χ1v) is 10.1. The van der Waals surface area contributed by atoms with E-state index in [2.05, 4.69) is 22.2 Å². The number of carbonyl (C=O) groups excluding carboxylic acids is 2. The summed E-state index contributed by atoms with van der Waals surface area (Å²) in [7, 11) is 2.07. The van der Waals surface area contributed by atoms with Gasteiger partial charge in [0.2, 0.25) is 0 Å². The molecule has 1 atom stereocenters. The Hall–Kier alpha value is -1.93. The van der Waals surface area contributed by atoms with Gasteiger partial charge in [-0.1, -0.05) is 0 Å². The molecule has 3 aliphatic rings. The third kappa shape index (κ3) is 3.87. The first kappa shape index (κ1) is 18.4. The van der Waals surface area contributed by atoms with Crippen molar-refractivity contribution in [3.63, 3.8) is 0 Å². The maximum Gasteiger partial charge on any atom is 0.287 e. The van der Waals surface area contributed by atoms with Gasteiger partial charge in [0.05, 0.1) is 11.8 Å². The van der Waals surface area contributed by atoms with Gasteiger partial charge in [0.25, 0.3) is 11.8 Å². The van der Waals surface area contributed by atoms with Crippen molar-refractivity contribution in [1.82, 2.24) is 24.7 Å². The van der Waals surface area contributed by atoms with Crippen molar-refractivity contribution in [2.24, 2.45) is 0 Å². The number of hydrogen-bond acceptors (Lipinski definition) is 5. The van der Waals surface area contributed by atoms with E-state index in [4.69, 9.17) is 4.74 Å². The van der Waals surface area contributed by atoms with Gasteiger partial charge in [0.1, 0.15) is 5.69 Å². The van der Waals surface area contributed by atoms with E-state index in [1.165, 1.54) is 0 Å². The van der Waals surface area contributed by atoms with Crippen molar-refractivity contribution in [2.75, 3.05) is 46.4 Å². The lowest BCUT2D eigenvalue weighted by Crippen LogP contribution is -2.47. The molecule has 0 bridgehead atoms. The molecule has 0 aliphatic carbocycles. The van der Waals surface area contributed by atoms with Crippen LogP contribution in [0.25, 0.3) is 0 Å². The minimum atomic E-state index is -0.203. The van der Waals surface area contributed by atoms with E-state index in [1.54, 1.807) is 0 Å². The number of nitrogens with one attached hydrogen (secondary N) is 1. The molecule has 1 unspecified atom stereocenters. The highest BCUT2D eigenvalue weighted by molar-refractivity contribution is 5.97. The number of fused-ring (bicyclic) bond motifs is 1. The van der Waals surface area contributed by atoms with E-state index in [0.29, 0.717) is 31.2 Å². The van der Waals surface area contributed by atoms with Gasteiger partial charge in [-0.2, -0.15) is 0 Å². The smallest absolute Gasteiger partial charge is 0.287 e. The molecule has 4 rings (SSSR count). The Bertz CT molecular complexity index is 702. The summed E-state index contributed by atoms with van der Waals surface area (Å²) >= 11 is 0. The highest BCUT2D eigenvalue weighted by atomic mass is 16.5. The van der Waals surface area contributed by atoms with Gasteiger partial charge in [-0.3, -0.25) is 9.59 Å². The molecule has 0 saturated carbocycles. The molecule has 4 heterocycles. The minimum absolute atomic E-state index is 0.0353. The Morgan fingerprint density at radius 2 is 1.96 bits per heavy atom. The van der Waals surface area contributed by atoms with Crippen LogP contribution in [-0.2, 0) is 17.7 Å². The molecule has 148 valence electrons. The summed E-state index contributed by atoms with van der Waals surface area (Å²) in [6.07, 6.45) is 4.97. The first-order chi connectivity index (χ1) is 13.1. The lowest BCUT2D eigenvalue weighted by atomic mass is 10.1. The van der Waals surface area contributed by atoms with Crippen molar-refractivity contribution >= 4 is 11.8 Å². The number of hydrogen-bond donors (Lipinski definition) is 1. The standard InChI is InChI=1S/C19H29N5O3/c1-22-8-10-23(11-9-22)19(26)16-15-6-2-3-7-24(15)17(21-16)18(25)20-13-14-5-4-12-27-14/h14H,2-13H2,1H3,(H,20,25). The summed E-state index contributed by atoms with van der Waals surface area (Å²) in [5.74, 6) is 0.137. The zero-order valence-corrected chi connectivity index (χ0v) is 16.1. The summed E-state index contributed by atoms with van der Waals surface area (Å²) < 4.78 is 7.53. The van der Waals surface area contributed by atoms with E-state index in [9.17, 15) is 9.59 Å². The topological polar surface area (TPSA) is 79.7 Å². The van der Waals surface area contributed by atoms with Crippen molar-refractivity contribution < 1.29 is 14.3 Å². The fourth-order valence-corrected chi connectivity index (χ4v) is 4.14. The summed E-state index contributed by atoms with van der Waals surface area (Å²) in [5, 5.41) is 2.95. The zero-order valence-electron chi connectivity index (χ0n) is 16.1. The molecule has 8 heteroatoms. The second kappa shape index (κ2) is 7.98. The van der Waals surface area contributed by atoms with Crippen molar-refractivity contribution in [3.8, 4) is 0 Å². The number of nitrogens with zero attached hydrogens (tertiary/aromatic N) is 4. The van der Waals surface area contributed by atoms with Crippen LogP contribution < -0.4 is 5.32 Å². The second-order valence-corrected chi connectivity index (χ2v) is 7.78. The van der Waals surface area contributed by atoms with Crippen LogP contribution >= 0.6 is 0 Å². The summed E-state index contributed by atoms with van der Waals surface area (Å²) in [5.41, 5.74) is 1.40. The molecular weight excluding hydrogens is 346 g/mol. The highest BCUT2D eigenvalue weighted by Crippen LogP contribution is 2.23. The van der Waals surface area contributed by atoms with Crippen LogP contribution in [0.1, 0.15) is 52.5 Å². The molecule has 3 aliphatic heterocycles. The van der Waals surface area contributed by atoms with E-state index >= 15 is 0 Å². The van der Waals surface area contributed by atoms with Gasteiger partial charge >= 0.3 is 0 Å². The molecule has 0 radical (unpaired) electrons. The van der Waals surface area contributed by atoms with Gasteiger partial charge in [-0.25, -0.2) is 4.98 Å². The average molecular weight is 375 g/mol. The molecule has 1 aromatic rings. The Morgan fingerprint density at radius 1 is 1.15 bits per heavy atom. The molecule has 2 saturated heterocycles. The highest BCUT2D eigenvalue weighted by Gasteiger charge is 2.31. The van der Waals surface area contributed by atoms with Crippen LogP contribution in [0.2, 0.25) is 0 Å². The summed E-state index contributed by atoms with van der Waals surface area (Å²) in [6, 6.07) is 0. The largest absolute Gasteiger partial charge is 0.376 e. The van der Waals surface area contributed by atoms with Crippen LogP contribution in [0.4, 0.5) is 0 Å². The van der Waals surface area contributed by atoms with Crippen LogP contribution in [-0.4, -0.2) is 83.6 Å². The molecule has 1 aromatic heterocycles. The lowest BCUT2D eigenvalue weighted by Gasteiger charge is -2.32. The molecule has 2 fully saturated rings. The van der Waals surface area contributed by atoms with Crippen molar-refractivity contribution in [3.05, 3.63) is 17.2 Å². The number of carbonyl (C=O) groups is 2. The normalized spacial score (nSPS) is 23.3. The maximum absolute atomic E-state index is 13.1. The van der Waals surface area contributed by atoms with Gasteiger partial charge in [0, 0.05) is 45.9 Å². The van der Waals surface area contributed by atoms with E-state index in [-0.39, 0.29) is 17.9 Å². The fraction of sp³-hybridized carbons (Fsp3) is 0.737.